The number of methoxy groups -OCH3 is 1. The SMILES string of the molecule is CCN(CC(=O)Nc1ccccc1OC)C(=O)CCn1c(=O)[nH]c(=O)c2ccccc21. The summed E-state index contributed by atoms with van der Waals surface area (Å²) in [6.45, 7) is 2.06. The molecule has 0 saturated carbocycles. The van der Waals surface area contributed by atoms with Crippen molar-refractivity contribution in [2.45, 2.75) is 19.9 Å². The second-order valence-electron chi connectivity index (χ2n) is 6.83. The first kappa shape index (κ1) is 21.8. The van der Waals surface area contributed by atoms with Crippen molar-refractivity contribution in [1.29, 1.82) is 0 Å². The first-order valence-electron chi connectivity index (χ1n) is 9.87. The van der Waals surface area contributed by atoms with Crippen LogP contribution in [0.4, 0.5) is 5.69 Å². The van der Waals surface area contributed by atoms with Crippen LogP contribution in [0.3, 0.4) is 0 Å². The highest BCUT2D eigenvalue weighted by Gasteiger charge is 2.17. The number of rotatable bonds is 8. The monoisotopic (exact) mass is 424 g/mol. The molecule has 3 rings (SSSR count). The lowest BCUT2D eigenvalue weighted by atomic mass is 10.2. The number of fused-ring (bicyclic) bond motifs is 1. The Bertz CT molecular complexity index is 1210. The smallest absolute Gasteiger partial charge is 0.328 e. The van der Waals surface area contributed by atoms with Gasteiger partial charge in [0, 0.05) is 19.5 Å². The lowest BCUT2D eigenvalue weighted by Gasteiger charge is -2.21. The molecule has 162 valence electrons. The Morgan fingerprint density at radius 3 is 2.55 bits per heavy atom. The van der Waals surface area contributed by atoms with Gasteiger partial charge in [0.2, 0.25) is 11.8 Å². The molecule has 0 aliphatic carbocycles. The van der Waals surface area contributed by atoms with Crippen molar-refractivity contribution >= 4 is 28.4 Å². The zero-order valence-corrected chi connectivity index (χ0v) is 17.4. The van der Waals surface area contributed by atoms with Crippen molar-refractivity contribution < 1.29 is 14.3 Å². The van der Waals surface area contributed by atoms with Crippen molar-refractivity contribution in [3.63, 3.8) is 0 Å². The molecular formula is C22H24N4O5. The van der Waals surface area contributed by atoms with E-state index in [2.05, 4.69) is 10.3 Å². The summed E-state index contributed by atoms with van der Waals surface area (Å²) in [4.78, 5) is 53.0. The molecule has 0 bridgehead atoms. The lowest BCUT2D eigenvalue weighted by Crippen LogP contribution is -2.39. The fourth-order valence-electron chi connectivity index (χ4n) is 3.32. The van der Waals surface area contributed by atoms with Gasteiger partial charge >= 0.3 is 5.69 Å². The summed E-state index contributed by atoms with van der Waals surface area (Å²) in [6, 6.07) is 13.7. The molecule has 0 spiro atoms. The van der Waals surface area contributed by atoms with Crippen LogP contribution in [-0.4, -0.2) is 46.5 Å². The molecule has 2 aromatic carbocycles. The summed E-state index contributed by atoms with van der Waals surface area (Å²) in [5.41, 5.74) is -0.0642. The topological polar surface area (TPSA) is 114 Å². The van der Waals surface area contributed by atoms with Gasteiger partial charge in [-0.2, -0.15) is 0 Å². The van der Waals surface area contributed by atoms with Crippen molar-refractivity contribution in [2.75, 3.05) is 25.5 Å². The van der Waals surface area contributed by atoms with Crippen molar-refractivity contribution in [3.8, 4) is 5.75 Å². The summed E-state index contributed by atoms with van der Waals surface area (Å²) in [7, 11) is 1.51. The molecule has 3 aromatic rings. The molecule has 1 aromatic heterocycles. The predicted molar refractivity (Wildman–Crippen MR) is 117 cm³/mol. The Kier molecular flexibility index (Phi) is 6.86. The molecule has 1 heterocycles. The molecule has 0 aliphatic heterocycles. The number of para-hydroxylation sites is 3. The molecule has 2 amide bonds. The zero-order valence-electron chi connectivity index (χ0n) is 17.4. The van der Waals surface area contributed by atoms with Crippen LogP contribution in [0.5, 0.6) is 5.75 Å². The maximum atomic E-state index is 12.7. The summed E-state index contributed by atoms with van der Waals surface area (Å²) in [6.07, 6.45) is 0.00568. The molecule has 31 heavy (non-hydrogen) atoms. The number of aromatic amines is 1. The van der Waals surface area contributed by atoms with Crippen molar-refractivity contribution in [2.24, 2.45) is 0 Å². The second-order valence-corrected chi connectivity index (χ2v) is 6.83. The number of nitrogens with zero attached hydrogens (tertiary/aromatic N) is 2. The highest BCUT2D eigenvalue weighted by Crippen LogP contribution is 2.22. The fraction of sp³-hybridized carbons (Fsp3) is 0.273. The van der Waals surface area contributed by atoms with Gasteiger partial charge in [0.1, 0.15) is 5.75 Å². The molecule has 2 N–H and O–H groups in total. The van der Waals surface area contributed by atoms with Gasteiger partial charge in [-0.15, -0.1) is 0 Å². The minimum absolute atomic E-state index is 0.00568. The Balaban J connectivity index is 1.68. The molecule has 0 radical (unpaired) electrons. The summed E-state index contributed by atoms with van der Waals surface area (Å²) < 4.78 is 6.57. The van der Waals surface area contributed by atoms with Gasteiger partial charge in [0.15, 0.2) is 0 Å². The number of hydrogen-bond donors (Lipinski definition) is 2. The summed E-state index contributed by atoms with van der Waals surface area (Å²) in [5.74, 6) is -0.110. The van der Waals surface area contributed by atoms with E-state index in [0.29, 0.717) is 28.9 Å². The largest absolute Gasteiger partial charge is 0.495 e. The van der Waals surface area contributed by atoms with Crippen LogP contribution in [-0.2, 0) is 16.1 Å². The maximum absolute atomic E-state index is 12.7. The second kappa shape index (κ2) is 9.75. The van der Waals surface area contributed by atoms with Gasteiger partial charge in [-0.1, -0.05) is 24.3 Å². The van der Waals surface area contributed by atoms with Gasteiger partial charge in [-0.25, -0.2) is 4.79 Å². The average molecular weight is 424 g/mol. The summed E-state index contributed by atoms with van der Waals surface area (Å²) in [5, 5.41) is 3.11. The quantitative estimate of drug-likeness (QED) is 0.570. The third kappa shape index (κ3) is 5.00. The van der Waals surface area contributed by atoms with Crippen LogP contribution in [0.15, 0.2) is 58.1 Å². The zero-order chi connectivity index (χ0) is 22.4. The van der Waals surface area contributed by atoms with Crippen LogP contribution in [0.25, 0.3) is 10.9 Å². The number of nitrogens with one attached hydrogen (secondary N) is 2. The molecule has 0 atom stereocenters. The van der Waals surface area contributed by atoms with Crippen LogP contribution in [0, 0.1) is 0 Å². The molecule has 0 unspecified atom stereocenters. The molecular weight excluding hydrogens is 400 g/mol. The molecule has 9 heteroatoms. The highest BCUT2D eigenvalue weighted by molar-refractivity contribution is 5.95. The van der Waals surface area contributed by atoms with E-state index in [1.165, 1.54) is 16.6 Å². The minimum Gasteiger partial charge on any atom is -0.495 e. The third-order valence-corrected chi connectivity index (χ3v) is 4.90. The first-order valence-corrected chi connectivity index (χ1v) is 9.87. The highest BCUT2D eigenvalue weighted by atomic mass is 16.5. The van der Waals surface area contributed by atoms with Gasteiger partial charge in [-0.05, 0) is 31.2 Å². The standard InChI is InChI=1S/C22H24N4O5/c1-3-25(14-19(27)23-16-9-5-7-11-18(16)31-2)20(28)12-13-26-17-10-6-4-8-15(17)21(29)24-22(26)30/h4-11H,3,12-14H2,1-2H3,(H,23,27)(H,24,29,30). The van der Waals surface area contributed by atoms with E-state index in [1.54, 1.807) is 55.5 Å². The first-order chi connectivity index (χ1) is 14.9. The molecule has 9 nitrogen and oxygen atoms in total. The minimum atomic E-state index is -0.575. The molecule has 0 saturated heterocycles. The molecule has 0 fully saturated rings. The third-order valence-electron chi connectivity index (χ3n) is 4.90. The normalized spacial score (nSPS) is 10.6. The van der Waals surface area contributed by atoms with E-state index >= 15 is 0 Å². The number of likely N-dealkylation sites (N-methyl/N-ethyl adjacent to an activating group) is 1. The van der Waals surface area contributed by atoms with Gasteiger partial charge in [-0.3, -0.25) is 23.9 Å². The van der Waals surface area contributed by atoms with E-state index in [4.69, 9.17) is 4.74 Å². The number of ether oxygens (including phenoxy) is 1. The Hall–Kier alpha value is -3.88. The summed E-state index contributed by atoms with van der Waals surface area (Å²) >= 11 is 0. The Morgan fingerprint density at radius 1 is 1.10 bits per heavy atom. The predicted octanol–water partition coefficient (Wildman–Crippen LogP) is 1.58. The number of carbonyl (C=O) groups is 2. The van der Waals surface area contributed by atoms with Crippen LogP contribution in [0.2, 0.25) is 0 Å². The van der Waals surface area contributed by atoms with Gasteiger partial charge in [0.05, 0.1) is 30.2 Å². The maximum Gasteiger partial charge on any atom is 0.328 e. The number of aromatic nitrogens is 2. The van der Waals surface area contributed by atoms with Gasteiger partial charge in [0.25, 0.3) is 5.56 Å². The number of anilines is 1. The van der Waals surface area contributed by atoms with E-state index in [1.807, 2.05) is 0 Å². The van der Waals surface area contributed by atoms with Crippen LogP contribution in [0.1, 0.15) is 13.3 Å². The van der Waals surface area contributed by atoms with E-state index in [0.717, 1.165) is 0 Å². The number of H-pyrrole nitrogens is 1. The average Bonchev–Trinajstić information content (AvgIpc) is 2.77. The Labute approximate surface area is 178 Å². The fourth-order valence-corrected chi connectivity index (χ4v) is 3.32. The lowest BCUT2D eigenvalue weighted by molar-refractivity contribution is -0.134. The number of hydrogen-bond acceptors (Lipinski definition) is 5. The number of benzene rings is 2. The van der Waals surface area contributed by atoms with Gasteiger partial charge < -0.3 is 15.0 Å². The Morgan fingerprint density at radius 2 is 1.81 bits per heavy atom. The van der Waals surface area contributed by atoms with Crippen molar-refractivity contribution in [3.05, 3.63) is 69.4 Å². The molecule has 0 aliphatic rings. The van der Waals surface area contributed by atoms with Crippen molar-refractivity contribution in [1.82, 2.24) is 14.5 Å². The number of carbonyl (C=O) groups excluding carboxylic acids is 2. The van der Waals surface area contributed by atoms with E-state index in [9.17, 15) is 19.2 Å². The van der Waals surface area contributed by atoms with Crippen LogP contribution < -0.4 is 21.3 Å². The number of amides is 2. The van der Waals surface area contributed by atoms with E-state index < -0.39 is 11.2 Å². The van der Waals surface area contributed by atoms with Crippen LogP contribution >= 0.6 is 0 Å². The number of aryl methyl sites for hydroxylation is 1. The van der Waals surface area contributed by atoms with E-state index in [-0.39, 0.29) is 31.3 Å².